The summed E-state index contributed by atoms with van der Waals surface area (Å²) in [5.74, 6) is 0. The normalized spacial score (nSPS) is 10.5. The summed E-state index contributed by atoms with van der Waals surface area (Å²) in [6.45, 7) is 4.57. The average molecular weight is 245 g/mol. The standard InChI is InChI=1S/C13H15N3S/c1-9-3-4-11(8-14)12(7-9)17-13-15-6-5-10(2)16-13/h3-7H,8,14H2,1-2H3. The molecule has 2 aromatic rings. The molecule has 0 aliphatic carbocycles. The number of rotatable bonds is 3. The first-order valence-electron chi connectivity index (χ1n) is 5.46. The van der Waals surface area contributed by atoms with Crippen LogP contribution < -0.4 is 5.73 Å². The molecule has 4 heteroatoms. The van der Waals surface area contributed by atoms with Crippen molar-refractivity contribution < 1.29 is 0 Å². The maximum atomic E-state index is 5.73. The first-order chi connectivity index (χ1) is 8.19. The van der Waals surface area contributed by atoms with E-state index >= 15 is 0 Å². The number of aryl methyl sites for hydroxylation is 2. The molecule has 0 aliphatic heterocycles. The van der Waals surface area contributed by atoms with E-state index in [1.54, 1.807) is 18.0 Å². The van der Waals surface area contributed by atoms with E-state index in [1.807, 2.05) is 13.0 Å². The molecule has 1 heterocycles. The molecule has 1 aromatic carbocycles. The van der Waals surface area contributed by atoms with Crippen LogP contribution in [0.3, 0.4) is 0 Å². The molecule has 0 saturated carbocycles. The molecule has 2 N–H and O–H groups in total. The van der Waals surface area contributed by atoms with Crippen molar-refractivity contribution in [2.45, 2.75) is 30.4 Å². The minimum atomic E-state index is 0.536. The molecular weight excluding hydrogens is 230 g/mol. The average Bonchev–Trinajstić information content (AvgIpc) is 2.29. The van der Waals surface area contributed by atoms with Gasteiger partial charge in [0.1, 0.15) is 0 Å². The number of benzene rings is 1. The quantitative estimate of drug-likeness (QED) is 0.845. The van der Waals surface area contributed by atoms with Gasteiger partial charge >= 0.3 is 0 Å². The van der Waals surface area contributed by atoms with Crippen LogP contribution in [-0.2, 0) is 6.54 Å². The zero-order valence-corrected chi connectivity index (χ0v) is 10.8. The minimum Gasteiger partial charge on any atom is -0.326 e. The SMILES string of the molecule is Cc1ccc(CN)c(Sc2nccc(C)n2)c1. The molecule has 3 nitrogen and oxygen atoms in total. The molecule has 0 bridgehead atoms. The van der Waals surface area contributed by atoms with E-state index < -0.39 is 0 Å². The van der Waals surface area contributed by atoms with E-state index in [2.05, 4.69) is 35.1 Å². The monoisotopic (exact) mass is 245 g/mol. The van der Waals surface area contributed by atoms with Crippen molar-refractivity contribution in [3.05, 3.63) is 47.3 Å². The van der Waals surface area contributed by atoms with Crippen molar-refractivity contribution in [2.24, 2.45) is 5.73 Å². The second-order valence-electron chi connectivity index (χ2n) is 3.90. The number of hydrogen-bond acceptors (Lipinski definition) is 4. The lowest BCUT2D eigenvalue weighted by atomic mass is 10.1. The van der Waals surface area contributed by atoms with Crippen LogP contribution in [0.25, 0.3) is 0 Å². The van der Waals surface area contributed by atoms with Gasteiger partial charge in [-0.05, 0) is 48.9 Å². The Morgan fingerprint density at radius 2 is 2.06 bits per heavy atom. The Hall–Kier alpha value is -1.39. The van der Waals surface area contributed by atoms with E-state index in [0.717, 1.165) is 21.3 Å². The number of nitrogens with zero attached hydrogens (tertiary/aromatic N) is 2. The lowest BCUT2D eigenvalue weighted by Crippen LogP contribution is -1.99. The molecule has 2 rings (SSSR count). The summed E-state index contributed by atoms with van der Waals surface area (Å²) in [4.78, 5) is 9.77. The maximum Gasteiger partial charge on any atom is 0.192 e. The predicted molar refractivity (Wildman–Crippen MR) is 70.0 cm³/mol. The lowest BCUT2D eigenvalue weighted by Gasteiger charge is -2.07. The van der Waals surface area contributed by atoms with Crippen molar-refractivity contribution >= 4 is 11.8 Å². The van der Waals surface area contributed by atoms with Gasteiger partial charge < -0.3 is 5.73 Å². The van der Waals surface area contributed by atoms with Crippen molar-refractivity contribution in [1.29, 1.82) is 0 Å². The topological polar surface area (TPSA) is 51.8 Å². The summed E-state index contributed by atoms with van der Waals surface area (Å²) in [5.41, 5.74) is 9.06. The highest BCUT2D eigenvalue weighted by molar-refractivity contribution is 7.99. The van der Waals surface area contributed by atoms with Crippen molar-refractivity contribution in [3.8, 4) is 0 Å². The fraction of sp³-hybridized carbons (Fsp3) is 0.231. The van der Waals surface area contributed by atoms with Gasteiger partial charge in [0, 0.05) is 23.3 Å². The van der Waals surface area contributed by atoms with E-state index in [4.69, 9.17) is 5.73 Å². The minimum absolute atomic E-state index is 0.536. The Balaban J connectivity index is 2.32. The molecule has 0 amide bonds. The van der Waals surface area contributed by atoms with Gasteiger partial charge in [-0.1, -0.05) is 12.1 Å². The van der Waals surface area contributed by atoms with E-state index in [1.165, 1.54) is 5.56 Å². The second kappa shape index (κ2) is 5.29. The van der Waals surface area contributed by atoms with Gasteiger partial charge in [-0.15, -0.1) is 0 Å². The molecule has 0 atom stereocenters. The highest BCUT2D eigenvalue weighted by Gasteiger charge is 2.06. The van der Waals surface area contributed by atoms with Crippen molar-refractivity contribution in [2.75, 3.05) is 0 Å². The Kier molecular flexibility index (Phi) is 3.76. The molecule has 0 saturated heterocycles. The van der Waals surface area contributed by atoms with Crippen LogP contribution in [0.2, 0.25) is 0 Å². The van der Waals surface area contributed by atoms with Crippen LogP contribution in [0.4, 0.5) is 0 Å². The molecule has 0 radical (unpaired) electrons. The van der Waals surface area contributed by atoms with Gasteiger partial charge in [-0.25, -0.2) is 9.97 Å². The molecule has 17 heavy (non-hydrogen) atoms. The van der Waals surface area contributed by atoms with E-state index in [9.17, 15) is 0 Å². The number of nitrogens with two attached hydrogens (primary N) is 1. The van der Waals surface area contributed by atoms with Gasteiger partial charge in [-0.2, -0.15) is 0 Å². The Morgan fingerprint density at radius 3 is 2.76 bits per heavy atom. The van der Waals surface area contributed by atoms with Crippen molar-refractivity contribution in [1.82, 2.24) is 9.97 Å². The van der Waals surface area contributed by atoms with Gasteiger partial charge in [0.2, 0.25) is 0 Å². The van der Waals surface area contributed by atoms with Crippen LogP contribution in [0.1, 0.15) is 16.8 Å². The third kappa shape index (κ3) is 3.05. The summed E-state index contributed by atoms with van der Waals surface area (Å²) < 4.78 is 0. The summed E-state index contributed by atoms with van der Waals surface area (Å²) in [7, 11) is 0. The van der Waals surface area contributed by atoms with Crippen LogP contribution in [-0.4, -0.2) is 9.97 Å². The zero-order chi connectivity index (χ0) is 12.3. The zero-order valence-electron chi connectivity index (χ0n) is 9.97. The summed E-state index contributed by atoms with van der Waals surface area (Å²) >= 11 is 1.56. The first kappa shape index (κ1) is 12.1. The summed E-state index contributed by atoms with van der Waals surface area (Å²) in [5, 5.41) is 0.769. The molecule has 0 aliphatic rings. The number of hydrogen-bond donors (Lipinski definition) is 1. The highest BCUT2D eigenvalue weighted by atomic mass is 32.2. The fourth-order valence-corrected chi connectivity index (χ4v) is 2.53. The van der Waals surface area contributed by atoms with E-state index in [-0.39, 0.29) is 0 Å². The van der Waals surface area contributed by atoms with Gasteiger partial charge in [-0.3, -0.25) is 0 Å². The molecular formula is C13H15N3S. The van der Waals surface area contributed by atoms with E-state index in [0.29, 0.717) is 6.54 Å². The van der Waals surface area contributed by atoms with Gasteiger partial charge in [0.05, 0.1) is 0 Å². The van der Waals surface area contributed by atoms with Crippen LogP contribution in [0, 0.1) is 13.8 Å². The summed E-state index contributed by atoms with van der Waals surface area (Å²) in [6, 6.07) is 8.15. The van der Waals surface area contributed by atoms with Gasteiger partial charge in [0.15, 0.2) is 5.16 Å². The molecule has 1 aromatic heterocycles. The molecule has 0 spiro atoms. The Labute approximate surface area is 105 Å². The largest absolute Gasteiger partial charge is 0.326 e. The molecule has 0 fully saturated rings. The predicted octanol–water partition coefficient (Wildman–Crippen LogP) is 2.70. The Morgan fingerprint density at radius 1 is 1.24 bits per heavy atom. The third-order valence-corrected chi connectivity index (χ3v) is 3.40. The second-order valence-corrected chi connectivity index (χ2v) is 4.91. The lowest BCUT2D eigenvalue weighted by molar-refractivity contribution is 0.928. The maximum absolute atomic E-state index is 5.73. The summed E-state index contributed by atoms with van der Waals surface area (Å²) in [6.07, 6.45) is 1.78. The third-order valence-electron chi connectivity index (χ3n) is 2.42. The first-order valence-corrected chi connectivity index (χ1v) is 6.28. The van der Waals surface area contributed by atoms with Crippen LogP contribution in [0.15, 0.2) is 40.5 Å². The molecule has 88 valence electrons. The van der Waals surface area contributed by atoms with Crippen LogP contribution in [0.5, 0.6) is 0 Å². The number of aromatic nitrogens is 2. The molecule has 0 unspecified atom stereocenters. The van der Waals surface area contributed by atoms with Crippen LogP contribution >= 0.6 is 11.8 Å². The highest BCUT2D eigenvalue weighted by Crippen LogP contribution is 2.28. The van der Waals surface area contributed by atoms with Crippen molar-refractivity contribution in [3.63, 3.8) is 0 Å². The Bertz CT molecular complexity index is 526. The fourth-order valence-electron chi connectivity index (χ4n) is 1.50. The van der Waals surface area contributed by atoms with Gasteiger partial charge in [0.25, 0.3) is 0 Å². The smallest absolute Gasteiger partial charge is 0.192 e.